The Morgan fingerprint density at radius 3 is 3.00 bits per heavy atom. The van der Waals surface area contributed by atoms with Gasteiger partial charge in [-0.2, -0.15) is 0 Å². The van der Waals surface area contributed by atoms with Crippen molar-refractivity contribution in [1.29, 1.82) is 0 Å². The summed E-state index contributed by atoms with van der Waals surface area (Å²) >= 11 is 0. The van der Waals surface area contributed by atoms with Gasteiger partial charge >= 0.3 is 6.03 Å². The van der Waals surface area contributed by atoms with E-state index in [2.05, 4.69) is 24.5 Å². The molecule has 1 aliphatic heterocycles. The maximum Gasteiger partial charge on any atom is 0.317 e. The lowest BCUT2D eigenvalue weighted by Gasteiger charge is -2.26. The van der Waals surface area contributed by atoms with Crippen molar-refractivity contribution >= 4 is 11.9 Å². The van der Waals surface area contributed by atoms with Crippen LogP contribution in [0.3, 0.4) is 0 Å². The predicted octanol–water partition coefficient (Wildman–Crippen LogP) is 2.57. The third-order valence-electron chi connectivity index (χ3n) is 4.52. The molecule has 1 unspecified atom stereocenters. The molecule has 1 aromatic rings. The molecule has 6 nitrogen and oxygen atoms in total. The maximum absolute atomic E-state index is 12.4. The summed E-state index contributed by atoms with van der Waals surface area (Å²) in [6, 6.07) is 7.90. The summed E-state index contributed by atoms with van der Waals surface area (Å²) in [5, 5.41) is 5.77. The van der Waals surface area contributed by atoms with Gasteiger partial charge in [0.1, 0.15) is 5.75 Å². The molecule has 2 rings (SSSR count). The molecule has 1 atom stereocenters. The van der Waals surface area contributed by atoms with Gasteiger partial charge in [-0.05, 0) is 43.4 Å². The first-order valence-electron chi connectivity index (χ1n) is 9.48. The highest BCUT2D eigenvalue weighted by Gasteiger charge is 2.24. The summed E-state index contributed by atoms with van der Waals surface area (Å²) in [4.78, 5) is 25.6. The van der Waals surface area contributed by atoms with E-state index >= 15 is 0 Å². The Bertz CT molecular complexity index is 604. The minimum absolute atomic E-state index is 0.000801. The summed E-state index contributed by atoms with van der Waals surface area (Å²) in [6.07, 6.45) is 2.13. The Morgan fingerprint density at radius 1 is 1.42 bits per heavy atom. The molecule has 1 aliphatic rings. The van der Waals surface area contributed by atoms with Gasteiger partial charge in [0.25, 0.3) is 0 Å². The zero-order valence-electron chi connectivity index (χ0n) is 16.1. The molecule has 0 radical (unpaired) electrons. The van der Waals surface area contributed by atoms with Crippen molar-refractivity contribution in [1.82, 2.24) is 15.5 Å². The largest absolute Gasteiger partial charge is 0.494 e. The molecule has 6 heteroatoms. The Hall–Kier alpha value is -2.24. The molecule has 2 N–H and O–H groups in total. The van der Waals surface area contributed by atoms with Crippen molar-refractivity contribution < 1.29 is 14.3 Å². The zero-order valence-corrected chi connectivity index (χ0v) is 16.1. The quantitative estimate of drug-likeness (QED) is 0.784. The topological polar surface area (TPSA) is 70.7 Å². The smallest absolute Gasteiger partial charge is 0.317 e. The highest BCUT2D eigenvalue weighted by atomic mass is 16.5. The van der Waals surface area contributed by atoms with E-state index in [0.29, 0.717) is 32.0 Å². The molecular weight excluding hydrogens is 330 g/mol. The minimum atomic E-state index is -0.113. The van der Waals surface area contributed by atoms with E-state index in [4.69, 9.17) is 4.74 Å². The van der Waals surface area contributed by atoms with Crippen LogP contribution in [0.5, 0.6) is 5.75 Å². The van der Waals surface area contributed by atoms with Gasteiger partial charge in [-0.25, -0.2) is 4.79 Å². The van der Waals surface area contributed by atoms with Crippen molar-refractivity contribution in [2.75, 3.05) is 26.2 Å². The molecule has 0 spiro atoms. The van der Waals surface area contributed by atoms with Gasteiger partial charge < -0.3 is 20.3 Å². The molecule has 1 fully saturated rings. The number of hydrogen-bond donors (Lipinski definition) is 2. The van der Waals surface area contributed by atoms with E-state index in [-0.39, 0.29) is 18.0 Å². The summed E-state index contributed by atoms with van der Waals surface area (Å²) in [7, 11) is 0. The Balaban J connectivity index is 1.78. The first kappa shape index (κ1) is 20.1. The van der Waals surface area contributed by atoms with Crippen molar-refractivity contribution in [2.24, 2.45) is 5.92 Å². The second-order valence-corrected chi connectivity index (χ2v) is 7.26. The molecular formula is C20H31N3O3. The molecule has 1 heterocycles. The van der Waals surface area contributed by atoms with Crippen LogP contribution in [0.15, 0.2) is 24.3 Å². The molecule has 1 saturated heterocycles. The van der Waals surface area contributed by atoms with Gasteiger partial charge in [0, 0.05) is 32.1 Å². The second kappa shape index (κ2) is 10.0. The third-order valence-corrected chi connectivity index (χ3v) is 4.52. The lowest BCUT2D eigenvalue weighted by atomic mass is 10.1. The van der Waals surface area contributed by atoms with Gasteiger partial charge in [0.05, 0.1) is 6.61 Å². The first-order chi connectivity index (χ1) is 12.5. The van der Waals surface area contributed by atoms with Gasteiger partial charge in [0.2, 0.25) is 5.91 Å². The molecule has 0 aromatic heterocycles. The minimum Gasteiger partial charge on any atom is -0.494 e. The van der Waals surface area contributed by atoms with Crippen LogP contribution >= 0.6 is 0 Å². The number of benzene rings is 1. The summed E-state index contributed by atoms with van der Waals surface area (Å²) in [5.41, 5.74) is 1.13. The van der Waals surface area contributed by atoms with Crippen LogP contribution in [-0.4, -0.2) is 49.1 Å². The number of rotatable bonds is 7. The van der Waals surface area contributed by atoms with Crippen molar-refractivity contribution in [3.63, 3.8) is 0 Å². The van der Waals surface area contributed by atoms with E-state index in [9.17, 15) is 9.59 Å². The molecule has 0 saturated carbocycles. The number of nitrogens with zero attached hydrogens (tertiary/aromatic N) is 1. The highest BCUT2D eigenvalue weighted by Crippen LogP contribution is 2.15. The molecule has 26 heavy (non-hydrogen) atoms. The van der Waals surface area contributed by atoms with Crippen LogP contribution < -0.4 is 15.4 Å². The van der Waals surface area contributed by atoms with Crippen LogP contribution in [0.4, 0.5) is 4.79 Å². The number of carbonyl (C=O) groups excluding carboxylic acids is 2. The number of ether oxygens (including phenoxy) is 1. The van der Waals surface area contributed by atoms with E-state index in [0.717, 1.165) is 30.8 Å². The fraction of sp³-hybridized carbons (Fsp3) is 0.600. The van der Waals surface area contributed by atoms with Crippen LogP contribution in [0, 0.1) is 5.92 Å². The average molecular weight is 361 g/mol. The predicted molar refractivity (Wildman–Crippen MR) is 102 cm³/mol. The zero-order chi connectivity index (χ0) is 18.9. The van der Waals surface area contributed by atoms with Gasteiger partial charge in [-0.15, -0.1) is 0 Å². The number of amides is 3. The van der Waals surface area contributed by atoms with Crippen molar-refractivity contribution in [3.8, 4) is 5.75 Å². The number of carbonyl (C=O) groups is 2. The lowest BCUT2D eigenvalue weighted by Crippen LogP contribution is -2.47. The normalized spacial score (nSPS) is 17.6. The van der Waals surface area contributed by atoms with Crippen LogP contribution in [-0.2, 0) is 11.2 Å². The third kappa shape index (κ3) is 6.58. The standard InChI is InChI=1S/C20H31N3O3/c1-15(2)9-12-26-18-6-4-5-17(13-18)7-10-21-20(25)23-11-8-19(24)22-14-16(23)3/h4-6,13,15-16H,7-12,14H2,1-3H3,(H,21,25)(H,22,24). The molecule has 0 bridgehead atoms. The SMILES string of the molecule is CC(C)CCOc1cccc(CCNC(=O)N2CCC(=O)NCC2C)c1. The molecule has 144 valence electrons. The van der Waals surface area contributed by atoms with Crippen molar-refractivity contribution in [2.45, 2.75) is 46.1 Å². The van der Waals surface area contributed by atoms with Crippen LogP contribution in [0.1, 0.15) is 39.2 Å². The van der Waals surface area contributed by atoms with Gasteiger partial charge in [-0.3, -0.25) is 4.79 Å². The number of hydrogen-bond acceptors (Lipinski definition) is 3. The first-order valence-corrected chi connectivity index (χ1v) is 9.48. The van der Waals surface area contributed by atoms with E-state index in [1.807, 2.05) is 31.2 Å². The lowest BCUT2D eigenvalue weighted by molar-refractivity contribution is -0.120. The van der Waals surface area contributed by atoms with E-state index < -0.39 is 0 Å². The number of nitrogens with one attached hydrogen (secondary N) is 2. The fourth-order valence-corrected chi connectivity index (χ4v) is 2.82. The van der Waals surface area contributed by atoms with Gasteiger partial charge in [-0.1, -0.05) is 26.0 Å². The monoisotopic (exact) mass is 361 g/mol. The van der Waals surface area contributed by atoms with E-state index in [1.165, 1.54) is 0 Å². The van der Waals surface area contributed by atoms with Crippen LogP contribution in [0.2, 0.25) is 0 Å². The second-order valence-electron chi connectivity index (χ2n) is 7.26. The molecule has 1 aromatic carbocycles. The van der Waals surface area contributed by atoms with Crippen molar-refractivity contribution in [3.05, 3.63) is 29.8 Å². The fourth-order valence-electron chi connectivity index (χ4n) is 2.82. The Kier molecular flexibility index (Phi) is 7.75. The van der Waals surface area contributed by atoms with Crippen LogP contribution in [0.25, 0.3) is 0 Å². The maximum atomic E-state index is 12.4. The average Bonchev–Trinajstić information content (AvgIpc) is 2.76. The Labute approximate surface area is 156 Å². The summed E-state index contributed by atoms with van der Waals surface area (Å²) < 4.78 is 5.78. The van der Waals surface area contributed by atoms with E-state index in [1.54, 1.807) is 4.90 Å². The molecule has 0 aliphatic carbocycles. The van der Waals surface area contributed by atoms with Gasteiger partial charge in [0.15, 0.2) is 0 Å². The Morgan fingerprint density at radius 2 is 2.23 bits per heavy atom. The molecule has 3 amide bonds. The number of urea groups is 1. The summed E-state index contributed by atoms with van der Waals surface area (Å²) in [5.74, 6) is 1.50. The summed E-state index contributed by atoms with van der Waals surface area (Å²) in [6.45, 7) is 8.54. The highest BCUT2D eigenvalue weighted by molar-refractivity contribution is 5.79.